The predicted molar refractivity (Wildman–Crippen MR) is 108 cm³/mol. The number of aryl methyl sites for hydroxylation is 1. The van der Waals surface area contributed by atoms with Crippen LogP contribution in [-0.2, 0) is 0 Å². The van der Waals surface area contributed by atoms with Crippen LogP contribution in [0.4, 0.5) is 5.82 Å². The summed E-state index contributed by atoms with van der Waals surface area (Å²) in [4.78, 5) is 18.1. The summed E-state index contributed by atoms with van der Waals surface area (Å²) in [5.74, 6) is 2.27. The van der Waals surface area contributed by atoms with Gasteiger partial charge in [0.05, 0.1) is 23.3 Å². The van der Waals surface area contributed by atoms with Crippen molar-refractivity contribution in [2.75, 3.05) is 31.1 Å². The van der Waals surface area contributed by atoms with Gasteiger partial charge in [-0.05, 0) is 26.0 Å². The van der Waals surface area contributed by atoms with Gasteiger partial charge in [0, 0.05) is 26.2 Å². The fourth-order valence-electron chi connectivity index (χ4n) is 3.80. The molecule has 0 amide bonds. The van der Waals surface area contributed by atoms with E-state index in [9.17, 15) is 0 Å². The van der Waals surface area contributed by atoms with Crippen LogP contribution in [0, 0.1) is 6.92 Å². The monoisotopic (exact) mass is 390 g/mol. The van der Waals surface area contributed by atoms with Gasteiger partial charge in [0.25, 0.3) is 0 Å². The van der Waals surface area contributed by atoms with E-state index in [1.807, 2.05) is 48.1 Å². The van der Waals surface area contributed by atoms with Gasteiger partial charge in [-0.15, -0.1) is 0 Å². The number of anilines is 1. The maximum absolute atomic E-state index is 5.35. The smallest absolute Gasteiger partial charge is 0.243 e. The van der Waals surface area contributed by atoms with Crippen molar-refractivity contribution in [3.05, 3.63) is 54.6 Å². The molecule has 0 bridgehead atoms. The molecular weight excluding hydrogens is 368 g/mol. The Morgan fingerprint density at radius 2 is 1.83 bits per heavy atom. The first-order valence-corrected chi connectivity index (χ1v) is 9.74. The average molecular weight is 390 g/mol. The molecule has 0 aliphatic carbocycles. The third-order valence-corrected chi connectivity index (χ3v) is 5.41. The Morgan fingerprint density at radius 3 is 2.55 bits per heavy atom. The molecule has 4 heterocycles. The topological polar surface area (TPSA) is 89.0 Å². The molecule has 0 spiro atoms. The van der Waals surface area contributed by atoms with Gasteiger partial charge in [0.15, 0.2) is 11.5 Å². The molecular formula is C20H22N8O. The average Bonchev–Trinajstić information content (AvgIpc) is 3.40. The van der Waals surface area contributed by atoms with E-state index in [4.69, 9.17) is 4.52 Å². The number of piperazine rings is 1. The first-order valence-electron chi connectivity index (χ1n) is 9.74. The Morgan fingerprint density at radius 1 is 1.03 bits per heavy atom. The van der Waals surface area contributed by atoms with Crippen molar-refractivity contribution in [1.29, 1.82) is 0 Å². The first kappa shape index (κ1) is 17.7. The molecule has 29 heavy (non-hydrogen) atoms. The molecule has 1 aliphatic rings. The van der Waals surface area contributed by atoms with Crippen molar-refractivity contribution in [2.24, 2.45) is 0 Å². The quantitative estimate of drug-likeness (QED) is 0.525. The molecule has 9 nitrogen and oxygen atoms in total. The maximum Gasteiger partial charge on any atom is 0.243 e. The minimum Gasteiger partial charge on any atom is -0.353 e. The second-order valence-corrected chi connectivity index (χ2v) is 7.21. The second kappa shape index (κ2) is 7.25. The van der Waals surface area contributed by atoms with Crippen molar-refractivity contribution in [3.63, 3.8) is 0 Å². The molecule has 0 N–H and O–H groups in total. The summed E-state index contributed by atoms with van der Waals surface area (Å²) in [6.45, 7) is 7.45. The van der Waals surface area contributed by atoms with Gasteiger partial charge in [-0.2, -0.15) is 10.1 Å². The Kier molecular flexibility index (Phi) is 4.44. The summed E-state index contributed by atoms with van der Waals surface area (Å²) in [5.41, 5.74) is 1.80. The van der Waals surface area contributed by atoms with Crippen LogP contribution in [0.15, 0.2) is 47.4 Å². The minimum absolute atomic E-state index is 0.101. The number of hydrogen-bond donors (Lipinski definition) is 0. The highest BCUT2D eigenvalue weighted by molar-refractivity contribution is 5.87. The number of hydrogen-bond acceptors (Lipinski definition) is 8. The molecule has 1 aliphatic heterocycles. The lowest BCUT2D eigenvalue weighted by atomic mass is 10.2. The number of para-hydroxylation sites is 1. The SMILES string of the molecule is Cc1noc(C(C)N2CCN(c3ncnc4c3cnn4-c3ccccc3)CC2)n1. The van der Waals surface area contributed by atoms with Crippen molar-refractivity contribution < 1.29 is 4.52 Å². The zero-order valence-electron chi connectivity index (χ0n) is 16.4. The van der Waals surface area contributed by atoms with E-state index >= 15 is 0 Å². The summed E-state index contributed by atoms with van der Waals surface area (Å²) >= 11 is 0. The normalized spacial score (nSPS) is 16.4. The third-order valence-electron chi connectivity index (χ3n) is 5.41. The summed E-state index contributed by atoms with van der Waals surface area (Å²) in [6.07, 6.45) is 3.48. The van der Waals surface area contributed by atoms with E-state index in [-0.39, 0.29) is 6.04 Å². The van der Waals surface area contributed by atoms with Crippen molar-refractivity contribution in [2.45, 2.75) is 19.9 Å². The Hall–Kier alpha value is -3.33. The summed E-state index contributed by atoms with van der Waals surface area (Å²) in [6, 6.07) is 10.1. The molecule has 5 rings (SSSR count). The van der Waals surface area contributed by atoms with E-state index in [0.717, 1.165) is 48.7 Å². The summed E-state index contributed by atoms with van der Waals surface area (Å²) < 4.78 is 7.20. The maximum atomic E-state index is 5.35. The highest BCUT2D eigenvalue weighted by atomic mass is 16.5. The first-order chi connectivity index (χ1) is 14.2. The molecule has 148 valence electrons. The summed E-state index contributed by atoms with van der Waals surface area (Å²) in [5, 5.41) is 9.43. The van der Waals surface area contributed by atoms with Crippen molar-refractivity contribution in [1.82, 2.24) is 34.8 Å². The zero-order chi connectivity index (χ0) is 19.8. The lowest BCUT2D eigenvalue weighted by Crippen LogP contribution is -2.47. The van der Waals surface area contributed by atoms with Crippen LogP contribution in [0.2, 0.25) is 0 Å². The second-order valence-electron chi connectivity index (χ2n) is 7.21. The number of benzene rings is 1. The van der Waals surface area contributed by atoms with E-state index in [2.05, 4.69) is 41.9 Å². The number of fused-ring (bicyclic) bond motifs is 1. The van der Waals surface area contributed by atoms with Gasteiger partial charge >= 0.3 is 0 Å². The van der Waals surface area contributed by atoms with Crippen LogP contribution in [0.25, 0.3) is 16.7 Å². The van der Waals surface area contributed by atoms with Gasteiger partial charge in [0.1, 0.15) is 12.1 Å². The van der Waals surface area contributed by atoms with Crippen molar-refractivity contribution >= 4 is 16.9 Å². The molecule has 1 aromatic carbocycles. The predicted octanol–water partition coefficient (Wildman–Crippen LogP) is 2.39. The van der Waals surface area contributed by atoms with Gasteiger partial charge in [-0.1, -0.05) is 23.4 Å². The molecule has 1 unspecified atom stereocenters. The third kappa shape index (κ3) is 3.23. The van der Waals surface area contributed by atoms with Crippen LogP contribution in [-0.4, -0.2) is 61.0 Å². The van der Waals surface area contributed by atoms with Crippen LogP contribution in [0.1, 0.15) is 24.7 Å². The van der Waals surface area contributed by atoms with E-state index < -0.39 is 0 Å². The largest absolute Gasteiger partial charge is 0.353 e. The van der Waals surface area contributed by atoms with Crippen LogP contribution >= 0.6 is 0 Å². The molecule has 1 saturated heterocycles. The van der Waals surface area contributed by atoms with Gasteiger partial charge in [-0.3, -0.25) is 4.90 Å². The Bertz CT molecular complexity index is 1110. The number of nitrogens with zero attached hydrogens (tertiary/aromatic N) is 8. The van der Waals surface area contributed by atoms with Gasteiger partial charge < -0.3 is 9.42 Å². The van der Waals surface area contributed by atoms with Gasteiger partial charge in [-0.25, -0.2) is 14.6 Å². The summed E-state index contributed by atoms with van der Waals surface area (Å²) in [7, 11) is 0. The van der Waals surface area contributed by atoms with Crippen LogP contribution in [0.3, 0.4) is 0 Å². The van der Waals surface area contributed by atoms with Crippen molar-refractivity contribution in [3.8, 4) is 5.69 Å². The van der Waals surface area contributed by atoms with Gasteiger partial charge in [0.2, 0.25) is 5.89 Å². The highest BCUT2D eigenvalue weighted by Gasteiger charge is 2.27. The van der Waals surface area contributed by atoms with E-state index in [1.165, 1.54) is 0 Å². The number of aromatic nitrogens is 6. The molecule has 0 radical (unpaired) electrons. The Labute approximate surface area is 168 Å². The molecule has 9 heteroatoms. The molecule has 4 aromatic rings. The lowest BCUT2D eigenvalue weighted by molar-refractivity contribution is 0.164. The molecule has 0 saturated carbocycles. The molecule has 3 aromatic heterocycles. The van der Waals surface area contributed by atoms with Crippen LogP contribution < -0.4 is 4.90 Å². The number of rotatable bonds is 4. The fraction of sp³-hybridized carbons (Fsp3) is 0.350. The van der Waals surface area contributed by atoms with E-state index in [0.29, 0.717) is 11.7 Å². The zero-order valence-corrected chi connectivity index (χ0v) is 16.4. The standard InChI is InChI=1S/C20H22N8O/c1-14(20-24-15(2)25-29-20)26-8-10-27(11-9-26)18-17-12-23-28(19(17)22-13-21-18)16-6-4-3-5-7-16/h3-7,12-14H,8-11H2,1-2H3. The molecule has 1 atom stereocenters. The van der Waals surface area contributed by atoms with E-state index in [1.54, 1.807) is 6.33 Å². The molecule has 1 fully saturated rings. The Balaban J connectivity index is 1.36. The van der Waals surface area contributed by atoms with Crippen LogP contribution in [0.5, 0.6) is 0 Å². The lowest BCUT2D eigenvalue weighted by Gasteiger charge is -2.37. The highest BCUT2D eigenvalue weighted by Crippen LogP contribution is 2.27. The minimum atomic E-state index is 0.101. The fourth-order valence-corrected chi connectivity index (χ4v) is 3.80.